The molecule has 19 nitrogen and oxygen atoms in total. The lowest BCUT2D eigenvalue weighted by Crippen LogP contribution is -2.61. The molecule has 3 aliphatic rings. The monoisotopic (exact) mass is 1060 g/mol. The Morgan fingerprint density at radius 2 is 1.58 bits per heavy atom. The number of aromatic nitrogens is 3. The molecule has 18 atom stereocenters. The number of carbonyl (C=O) groups excluding carboxylic acids is 1. The molecule has 0 spiro atoms. The maximum Gasteiger partial charge on any atom is 0.311 e. The lowest BCUT2D eigenvalue weighted by molar-refractivity contribution is -0.318. The minimum Gasteiger partial charge on any atom is -0.494 e. The van der Waals surface area contributed by atoms with Crippen LogP contribution in [0.5, 0.6) is 5.75 Å². The van der Waals surface area contributed by atoms with Gasteiger partial charge in [0.1, 0.15) is 35.8 Å². The highest BCUT2D eigenvalue weighted by molar-refractivity contribution is 5.73. The van der Waals surface area contributed by atoms with E-state index in [-0.39, 0.29) is 31.3 Å². The summed E-state index contributed by atoms with van der Waals surface area (Å²) in [5.74, 6) is -2.03. The van der Waals surface area contributed by atoms with E-state index < -0.39 is 102 Å². The number of nitriles is 1. The zero-order valence-electron chi connectivity index (χ0n) is 47.1. The lowest BCUT2D eigenvalue weighted by Gasteiger charge is -2.49. The van der Waals surface area contributed by atoms with E-state index >= 15 is 0 Å². The third-order valence-corrected chi connectivity index (χ3v) is 16.4. The maximum atomic E-state index is 14.5. The normalized spacial score (nSPS) is 37.4. The molecule has 5 N–H and O–H groups in total. The Balaban J connectivity index is 1.17. The number of carbonyl (C=O) groups is 1. The zero-order valence-corrected chi connectivity index (χ0v) is 47.1. The van der Waals surface area contributed by atoms with E-state index in [9.17, 15) is 30.3 Å². The number of benzene rings is 2. The fraction of sp³-hybridized carbons (Fsp3) is 0.719. The Kier molecular flexibility index (Phi) is 21.1. The van der Waals surface area contributed by atoms with Gasteiger partial charge in [-0.15, -0.1) is 5.10 Å². The summed E-state index contributed by atoms with van der Waals surface area (Å²) in [4.78, 5) is 18.5. The minimum atomic E-state index is -1.84. The van der Waals surface area contributed by atoms with Crippen molar-refractivity contribution in [3.05, 3.63) is 66.0 Å². The van der Waals surface area contributed by atoms with E-state index in [2.05, 4.69) is 21.3 Å². The second-order valence-corrected chi connectivity index (χ2v) is 22.8. The molecule has 0 saturated carbocycles. The van der Waals surface area contributed by atoms with Gasteiger partial charge in [-0.3, -0.25) is 9.48 Å². The van der Waals surface area contributed by atoms with Crippen LogP contribution < -0.4 is 4.74 Å². The summed E-state index contributed by atoms with van der Waals surface area (Å²) in [6.07, 6.45) is -5.88. The molecule has 0 bridgehead atoms. The summed E-state index contributed by atoms with van der Waals surface area (Å²) < 4.78 is 46.2. The Morgan fingerprint density at radius 3 is 2.21 bits per heavy atom. The van der Waals surface area contributed by atoms with Gasteiger partial charge in [0.05, 0.1) is 65.5 Å². The van der Waals surface area contributed by atoms with E-state index in [4.69, 9.17) is 38.4 Å². The van der Waals surface area contributed by atoms with Gasteiger partial charge in [-0.1, -0.05) is 50.3 Å². The molecule has 6 rings (SSSR count). The highest BCUT2D eigenvalue weighted by atomic mass is 16.7. The number of ether oxygens (including phenoxy) is 7. The average molecular weight is 1070 g/mol. The van der Waals surface area contributed by atoms with Gasteiger partial charge in [-0.2, -0.15) is 5.26 Å². The average Bonchev–Trinajstić information content (AvgIpc) is 3.85. The van der Waals surface area contributed by atoms with Crippen molar-refractivity contribution < 1.29 is 63.5 Å². The third kappa shape index (κ3) is 14.7. The maximum absolute atomic E-state index is 14.5. The molecule has 3 aromatic rings. The number of cyclic esters (lactones) is 1. The van der Waals surface area contributed by atoms with Crippen LogP contribution in [0.15, 0.2) is 54.7 Å². The molecule has 4 heterocycles. The van der Waals surface area contributed by atoms with Crippen molar-refractivity contribution in [2.24, 2.45) is 17.8 Å². The molecule has 0 radical (unpaired) electrons. The summed E-state index contributed by atoms with van der Waals surface area (Å²) in [5.41, 5.74) is -1.06. The molecule has 3 fully saturated rings. The lowest BCUT2D eigenvalue weighted by atomic mass is 9.77. The van der Waals surface area contributed by atoms with Crippen LogP contribution in [0, 0.1) is 29.1 Å². The Labute approximate surface area is 450 Å². The van der Waals surface area contributed by atoms with Crippen molar-refractivity contribution in [1.29, 1.82) is 5.26 Å². The van der Waals surface area contributed by atoms with Gasteiger partial charge < -0.3 is 68.5 Å². The van der Waals surface area contributed by atoms with E-state index in [1.165, 1.54) is 14.0 Å². The number of rotatable bonds is 16. The molecule has 424 valence electrons. The van der Waals surface area contributed by atoms with Crippen molar-refractivity contribution in [3.63, 3.8) is 0 Å². The van der Waals surface area contributed by atoms with Crippen LogP contribution in [0.1, 0.15) is 113 Å². The summed E-state index contributed by atoms with van der Waals surface area (Å²) in [6.45, 7) is 19.6. The van der Waals surface area contributed by atoms with Crippen LogP contribution >= 0.6 is 0 Å². The minimum absolute atomic E-state index is 0.0998. The number of esters is 1. The quantitative estimate of drug-likeness (QED) is 0.0924. The number of aryl methyl sites for hydroxylation is 1. The van der Waals surface area contributed by atoms with E-state index in [0.29, 0.717) is 51.1 Å². The van der Waals surface area contributed by atoms with Crippen molar-refractivity contribution in [2.75, 3.05) is 40.9 Å². The number of methoxy groups -OCH3 is 1. The van der Waals surface area contributed by atoms with Gasteiger partial charge in [0, 0.05) is 70.2 Å². The predicted molar refractivity (Wildman–Crippen MR) is 284 cm³/mol. The predicted octanol–water partition coefficient (Wildman–Crippen LogP) is 5.11. The number of nitrogens with zero attached hydrogens (tertiary/aromatic N) is 6. The Morgan fingerprint density at radius 1 is 0.921 bits per heavy atom. The molecular formula is C57H88N6O13. The second kappa shape index (κ2) is 26.2. The number of aliphatic hydroxyl groups is 5. The first-order valence-corrected chi connectivity index (χ1v) is 27.2. The van der Waals surface area contributed by atoms with Crippen LogP contribution in [-0.4, -0.2) is 187 Å². The van der Waals surface area contributed by atoms with Crippen molar-refractivity contribution in [2.45, 2.75) is 205 Å². The van der Waals surface area contributed by atoms with Crippen LogP contribution in [0.2, 0.25) is 0 Å². The van der Waals surface area contributed by atoms with Crippen LogP contribution in [0.4, 0.5) is 0 Å². The first kappa shape index (κ1) is 61.1. The van der Waals surface area contributed by atoms with E-state index in [0.717, 1.165) is 22.6 Å². The fourth-order valence-electron chi connectivity index (χ4n) is 11.6. The standard InChI is InChI=1S/C57H88N6O13/c1-14-46-57(10,69)50(65)38(6)62(12)32-34(2)29-55(8,68)52(36(4)49(37(5)53(67)74-46)75-47-30-56(9,70-13)51(66)39(7)73-47)76-54-48(64)45(28-35(3)72-54)61(11)26-24-43-33-63(60-59-43)25-15-27-71-44-22-20-42(21-23-44)41-18-16-40(31-58)17-19-41/h16-23,33-39,45-52,54,64-66,68-69H,14-15,24-30,32H2,1-13H3/t34-,35-,36+,37-,38-,39+,45+,46-,47+,48-,49+,50-,51+,52-,54+,55-,56-,57-/m1/s1. The van der Waals surface area contributed by atoms with Crippen LogP contribution in [0.25, 0.3) is 11.1 Å². The third-order valence-electron chi connectivity index (χ3n) is 16.4. The molecule has 2 aromatic carbocycles. The van der Waals surface area contributed by atoms with Gasteiger partial charge >= 0.3 is 5.97 Å². The summed E-state index contributed by atoms with van der Waals surface area (Å²) in [6, 6.07) is 16.5. The summed E-state index contributed by atoms with van der Waals surface area (Å²) >= 11 is 0. The Bertz CT molecular complexity index is 2330. The van der Waals surface area contributed by atoms with Gasteiger partial charge in [-0.25, -0.2) is 0 Å². The highest BCUT2D eigenvalue weighted by Gasteiger charge is 2.53. The smallest absolute Gasteiger partial charge is 0.311 e. The second-order valence-electron chi connectivity index (χ2n) is 22.8. The molecule has 1 aromatic heterocycles. The van der Waals surface area contributed by atoms with Gasteiger partial charge in [-0.05, 0) is 123 Å². The number of aliphatic hydroxyl groups excluding tert-OH is 3. The van der Waals surface area contributed by atoms with Gasteiger partial charge in [0.2, 0.25) is 0 Å². The molecule has 0 amide bonds. The molecule has 3 aliphatic heterocycles. The van der Waals surface area contributed by atoms with Gasteiger partial charge in [0.15, 0.2) is 12.6 Å². The first-order chi connectivity index (χ1) is 35.8. The van der Waals surface area contributed by atoms with Crippen LogP contribution in [-0.2, 0) is 46.2 Å². The van der Waals surface area contributed by atoms with Gasteiger partial charge in [0.25, 0.3) is 0 Å². The zero-order chi connectivity index (χ0) is 55.9. The number of hydrogen-bond acceptors (Lipinski definition) is 18. The molecule has 3 saturated heterocycles. The highest BCUT2D eigenvalue weighted by Crippen LogP contribution is 2.40. The fourth-order valence-corrected chi connectivity index (χ4v) is 11.6. The van der Waals surface area contributed by atoms with E-state index in [1.54, 1.807) is 58.4 Å². The molecule has 19 heteroatoms. The number of likely N-dealkylation sites (N-methyl/N-ethyl adjacent to an activating group) is 2. The molecular weight excluding hydrogens is 977 g/mol. The molecule has 0 unspecified atom stereocenters. The SMILES string of the molecule is CC[C@H]1OC(=O)[C@H](C)[C@@H](O[C@H]2C[C@@](C)(OC)[C@@H](O)[C@H](C)O2)[C@H](C)[C@@H](O[C@@H]2O[C@H](C)C[C@H](N(C)CCc3cn(CCCOc4ccc(-c5ccc(C#N)cc5)cc4)nn3)[C@H]2O)[C@](C)(O)C[C@@H](C)CN(C)[C@H](C)[C@@H](O)[C@]1(C)O. The van der Waals surface area contributed by atoms with Crippen molar-refractivity contribution in [1.82, 2.24) is 24.8 Å². The number of hydrogen-bond donors (Lipinski definition) is 5. The molecule has 0 aliphatic carbocycles. The summed E-state index contributed by atoms with van der Waals surface area (Å²) in [7, 11) is 5.28. The summed E-state index contributed by atoms with van der Waals surface area (Å²) in [5, 5.41) is 77.7. The largest absolute Gasteiger partial charge is 0.494 e. The van der Waals surface area contributed by atoms with E-state index in [1.807, 2.05) is 82.4 Å². The molecule has 76 heavy (non-hydrogen) atoms. The van der Waals surface area contributed by atoms with Crippen molar-refractivity contribution in [3.8, 4) is 22.9 Å². The first-order valence-electron chi connectivity index (χ1n) is 27.2. The topological polar surface area (TPSA) is 244 Å². The Hall–Kier alpha value is -4.14. The van der Waals surface area contributed by atoms with Crippen LogP contribution in [0.3, 0.4) is 0 Å². The van der Waals surface area contributed by atoms with Crippen molar-refractivity contribution >= 4 is 5.97 Å².